The number of carbonyl (C=O) groups excluding carboxylic acids is 6. The van der Waals surface area contributed by atoms with Crippen LogP contribution in [0.25, 0.3) is 10.9 Å². The van der Waals surface area contributed by atoms with Crippen LogP contribution in [0, 0.1) is 18.8 Å². The number of benzene rings is 2. The number of carbonyl (C=O) groups is 6. The second kappa shape index (κ2) is 20.0. The minimum atomic E-state index is -1.17. The van der Waals surface area contributed by atoms with E-state index in [1.54, 1.807) is 61.5 Å². The van der Waals surface area contributed by atoms with E-state index >= 15 is 0 Å². The Bertz CT molecular complexity index is 2110. The zero-order valence-electron chi connectivity index (χ0n) is 34.8. The van der Waals surface area contributed by atoms with E-state index in [0.717, 1.165) is 16.5 Å². The van der Waals surface area contributed by atoms with Gasteiger partial charge in [-0.2, -0.15) is 0 Å². The number of imidazole rings is 1. The highest BCUT2D eigenvalue weighted by molar-refractivity contribution is 5.96. The first-order valence-electron chi connectivity index (χ1n) is 20.1. The first-order valence-corrected chi connectivity index (χ1v) is 20.1. The van der Waals surface area contributed by atoms with Crippen LogP contribution in [0.3, 0.4) is 0 Å². The van der Waals surface area contributed by atoms with E-state index in [1.807, 2.05) is 52.0 Å². The fourth-order valence-corrected chi connectivity index (χ4v) is 7.02. The summed E-state index contributed by atoms with van der Waals surface area (Å²) in [6.07, 6.45) is 5.35. The van der Waals surface area contributed by atoms with E-state index in [0.29, 0.717) is 17.1 Å². The summed E-state index contributed by atoms with van der Waals surface area (Å²) in [5.41, 5.74) is 2.31. The molecule has 0 bridgehead atoms. The third-order valence-corrected chi connectivity index (χ3v) is 10.5. The number of nitrogens with one attached hydrogen (secondary N) is 6. The van der Waals surface area contributed by atoms with Gasteiger partial charge in [0.15, 0.2) is 0 Å². The number of ether oxygens (including phenoxy) is 1. The summed E-state index contributed by atoms with van der Waals surface area (Å²) >= 11 is 0. The lowest BCUT2D eigenvalue weighted by molar-refractivity contribution is -0.139. The number of rotatable bonds is 10. The highest BCUT2D eigenvalue weighted by atomic mass is 16.5. The molecule has 0 radical (unpaired) electrons. The molecule has 59 heavy (non-hydrogen) atoms. The number of methoxy groups -OCH3 is 1. The first kappa shape index (κ1) is 43.9. The molecule has 316 valence electrons. The van der Waals surface area contributed by atoms with Crippen LogP contribution in [0.2, 0.25) is 0 Å². The van der Waals surface area contributed by atoms with Crippen LogP contribution in [0.15, 0.2) is 67.1 Å². The minimum absolute atomic E-state index is 0.0456. The summed E-state index contributed by atoms with van der Waals surface area (Å²) in [6.45, 7) is 10.2. The molecule has 0 aliphatic carbocycles. The van der Waals surface area contributed by atoms with Gasteiger partial charge >= 0.3 is 0 Å². The summed E-state index contributed by atoms with van der Waals surface area (Å²) in [6, 6.07) is 9.51. The fourth-order valence-electron chi connectivity index (χ4n) is 7.02. The van der Waals surface area contributed by atoms with Crippen molar-refractivity contribution in [2.24, 2.45) is 11.8 Å². The van der Waals surface area contributed by atoms with Gasteiger partial charge in [0.2, 0.25) is 35.4 Å². The summed E-state index contributed by atoms with van der Waals surface area (Å²) in [5.74, 6) is -2.42. The molecule has 16 heteroatoms. The van der Waals surface area contributed by atoms with Crippen LogP contribution in [-0.2, 0) is 48.2 Å². The lowest BCUT2D eigenvalue weighted by Gasteiger charge is -2.32. The molecule has 2 aromatic carbocycles. The Morgan fingerprint density at radius 1 is 0.831 bits per heavy atom. The third kappa shape index (κ3) is 11.9. The molecule has 6 N–H and O–H groups in total. The van der Waals surface area contributed by atoms with Crippen molar-refractivity contribution >= 4 is 46.3 Å². The molecule has 1 aliphatic rings. The van der Waals surface area contributed by atoms with Crippen LogP contribution in [0.1, 0.15) is 58.0 Å². The van der Waals surface area contributed by atoms with Crippen molar-refractivity contribution < 1.29 is 33.5 Å². The number of hydrogen-bond donors (Lipinski definition) is 6. The number of aryl methyl sites for hydroxylation is 1. The Morgan fingerprint density at radius 2 is 1.49 bits per heavy atom. The van der Waals surface area contributed by atoms with Gasteiger partial charge in [-0.15, -0.1) is 0 Å². The maximum atomic E-state index is 14.4. The molecule has 0 saturated carbocycles. The van der Waals surface area contributed by atoms with Gasteiger partial charge in [-0.25, -0.2) is 4.98 Å². The van der Waals surface area contributed by atoms with Crippen molar-refractivity contribution in [3.05, 3.63) is 84.1 Å². The number of amides is 6. The molecule has 3 heterocycles. The van der Waals surface area contributed by atoms with Gasteiger partial charge in [0.1, 0.15) is 42.3 Å². The molecule has 5 rings (SSSR count). The van der Waals surface area contributed by atoms with Gasteiger partial charge < -0.3 is 45.8 Å². The van der Waals surface area contributed by atoms with Crippen molar-refractivity contribution in [3.8, 4) is 5.75 Å². The highest BCUT2D eigenvalue weighted by Gasteiger charge is 2.34. The van der Waals surface area contributed by atoms with Gasteiger partial charge in [-0.1, -0.05) is 58.0 Å². The van der Waals surface area contributed by atoms with Crippen LogP contribution < -0.4 is 31.3 Å². The molecule has 4 aromatic rings. The lowest BCUT2D eigenvalue weighted by Crippen LogP contribution is -2.60. The summed E-state index contributed by atoms with van der Waals surface area (Å²) in [7, 11) is 1.54. The van der Waals surface area contributed by atoms with Crippen LogP contribution >= 0.6 is 0 Å². The van der Waals surface area contributed by atoms with E-state index in [9.17, 15) is 28.8 Å². The second-order valence-electron chi connectivity index (χ2n) is 16.0. The molecule has 1 saturated heterocycles. The van der Waals surface area contributed by atoms with Crippen molar-refractivity contribution in [1.82, 2.24) is 46.0 Å². The molecular formula is C43H57N9O7. The fraction of sp³-hybridized carbons (Fsp3) is 0.465. The predicted octanol–water partition coefficient (Wildman–Crippen LogP) is 2.16. The topological polar surface area (TPSA) is 209 Å². The maximum Gasteiger partial charge on any atom is 0.243 e. The normalized spacial score (nSPS) is 21.6. The number of hydrogen-bond acceptors (Lipinski definition) is 8. The van der Waals surface area contributed by atoms with Crippen molar-refractivity contribution in [3.63, 3.8) is 0 Å². The van der Waals surface area contributed by atoms with Crippen LogP contribution in [0.5, 0.6) is 5.75 Å². The van der Waals surface area contributed by atoms with Crippen molar-refractivity contribution in [1.29, 1.82) is 0 Å². The molecule has 0 unspecified atom stereocenters. The summed E-state index contributed by atoms with van der Waals surface area (Å²) in [5, 5.41) is 15.2. The Hall–Kier alpha value is -6.19. The number of aromatic nitrogens is 3. The monoisotopic (exact) mass is 811 g/mol. The van der Waals surface area contributed by atoms with Crippen molar-refractivity contribution in [2.75, 3.05) is 20.2 Å². The predicted molar refractivity (Wildman–Crippen MR) is 222 cm³/mol. The average molecular weight is 812 g/mol. The largest absolute Gasteiger partial charge is 0.497 e. The standard InChI is InChI=1S/C43H57N9O7/c1-25(2)18-34-42(57)49-35(19-29-12-14-31(59-7)15-13-29)41(56)46-27(5)40(55)50-37(26(3)4)22-52(39(54)24-51-17-16-44-28(51)6)23-38(53)47-36(43(58)48-34)20-30-21-45-33-11-9-8-10-32(30)33/h8-17,21,25-27,34-37,45H,18-20,22-24H2,1-7H3,(H,46,56)(H,47,53)(H,48,58)(H,49,57)(H,50,55)/t27-,34+,35+,36-,37-/m1/s1. The van der Waals surface area contributed by atoms with E-state index in [-0.39, 0.29) is 44.2 Å². The van der Waals surface area contributed by atoms with Gasteiger partial charge in [0.25, 0.3) is 0 Å². The van der Waals surface area contributed by atoms with E-state index in [4.69, 9.17) is 4.74 Å². The van der Waals surface area contributed by atoms with Gasteiger partial charge in [0.05, 0.1) is 13.7 Å². The Morgan fingerprint density at radius 3 is 2.15 bits per heavy atom. The first-order chi connectivity index (χ1) is 28.1. The molecular weight excluding hydrogens is 755 g/mol. The molecule has 1 aliphatic heterocycles. The number of aromatic amines is 1. The van der Waals surface area contributed by atoms with E-state index in [2.05, 4.69) is 36.6 Å². The van der Waals surface area contributed by atoms with Crippen LogP contribution in [-0.4, -0.2) is 105 Å². The van der Waals surface area contributed by atoms with E-state index in [1.165, 1.54) is 11.8 Å². The molecule has 0 spiro atoms. The van der Waals surface area contributed by atoms with E-state index < -0.39 is 72.2 Å². The molecule has 2 aromatic heterocycles. The second-order valence-corrected chi connectivity index (χ2v) is 16.0. The van der Waals surface area contributed by atoms with Crippen molar-refractivity contribution in [2.45, 2.75) is 97.6 Å². The van der Waals surface area contributed by atoms with Gasteiger partial charge in [-0.05, 0) is 61.4 Å². The molecule has 6 amide bonds. The SMILES string of the molecule is COc1ccc(C[C@@H]2NC(=O)[C@H](CC(C)C)NC(=O)[C@@H](Cc3c[nH]c4ccccc34)NC(=O)CN(C(=O)Cn3ccnc3C)C[C@H](C(C)C)NC(=O)[C@@H](C)NC2=O)cc1. The third-order valence-electron chi connectivity index (χ3n) is 10.5. The number of para-hydroxylation sites is 1. The summed E-state index contributed by atoms with van der Waals surface area (Å²) < 4.78 is 6.94. The average Bonchev–Trinajstić information content (AvgIpc) is 3.80. The lowest BCUT2D eigenvalue weighted by atomic mass is 9.99. The number of nitrogens with zero attached hydrogens (tertiary/aromatic N) is 3. The maximum absolute atomic E-state index is 14.4. The summed E-state index contributed by atoms with van der Waals surface area (Å²) in [4.78, 5) is 93.2. The number of H-pyrrole nitrogens is 1. The smallest absolute Gasteiger partial charge is 0.243 e. The highest BCUT2D eigenvalue weighted by Crippen LogP contribution is 2.20. The Kier molecular flexibility index (Phi) is 14.9. The van der Waals surface area contributed by atoms with Crippen LogP contribution in [0.4, 0.5) is 0 Å². The van der Waals surface area contributed by atoms with Gasteiger partial charge in [-0.3, -0.25) is 28.8 Å². The molecule has 16 nitrogen and oxygen atoms in total. The number of fused-ring (bicyclic) bond motifs is 1. The molecule has 1 fully saturated rings. The molecule has 5 atom stereocenters. The minimum Gasteiger partial charge on any atom is -0.497 e. The van der Waals surface area contributed by atoms with Gasteiger partial charge in [0, 0.05) is 54.9 Å². The zero-order chi connectivity index (χ0) is 42.8. The Balaban J connectivity index is 1.53. The Labute approximate surface area is 344 Å². The zero-order valence-corrected chi connectivity index (χ0v) is 34.8. The quantitative estimate of drug-likeness (QED) is 0.140.